The van der Waals surface area contributed by atoms with Gasteiger partial charge in [-0.1, -0.05) is 0 Å². The van der Waals surface area contributed by atoms with Gasteiger partial charge in [0.2, 0.25) is 5.91 Å². The average Bonchev–Trinajstić information content (AvgIpc) is 2.04. The Balaban J connectivity index is 3.94. The largest absolute Gasteiger partial charge is 0.480 e. The number of carboxylic acids is 1. The fourth-order valence-electron chi connectivity index (χ4n) is 0.754. The Morgan fingerprint density at radius 3 is 2.54 bits per heavy atom. The van der Waals surface area contributed by atoms with Gasteiger partial charge in [-0.2, -0.15) is 11.8 Å². The molecule has 13 heavy (non-hydrogen) atoms. The number of carboxylic acid groups (broad SMARTS) is 1. The van der Waals surface area contributed by atoms with Crippen LogP contribution in [0.1, 0.15) is 6.42 Å². The Morgan fingerprint density at radius 1 is 1.54 bits per heavy atom. The van der Waals surface area contributed by atoms with Crippen LogP contribution in [0.2, 0.25) is 0 Å². The van der Waals surface area contributed by atoms with E-state index in [1.807, 2.05) is 0 Å². The maximum absolute atomic E-state index is 11.0. The lowest BCUT2D eigenvalue weighted by Crippen LogP contribution is -2.42. The first-order valence-electron chi connectivity index (χ1n) is 3.73. The van der Waals surface area contributed by atoms with E-state index in [1.54, 1.807) is 6.26 Å². The van der Waals surface area contributed by atoms with Gasteiger partial charge in [-0.15, -0.1) is 0 Å². The number of amides is 1. The fraction of sp³-hybridized carbons (Fsp3) is 0.714. The lowest BCUT2D eigenvalue weighted by molar-refractivity contribution is -0.141. The van der Waals surface area contributed by atoms with Crippen LogP contribution in [-0.4, -0.2) is 46.7 Å². The molecule has 5 nitrogen and oxygen atoms in total. The van der Waals surface area contributed by atoms with Gasteiger partial charge in [-0.3, -0.25) is 4.79 Å². The van der Waals surface area contributed by atoms with Crippen LogP contribution in [0.25, 0.3) is 0 Å². The molecule has 0 aliphatic carbocycles. The van der Waals surface area contributed by atoms with Crippen molar-refractivity contribution in [3.8, 4) is 0 Å². The third-order valence-electron chi connectivity index (χ3n) is 1.33. The van der Waals surface area contributed by atoms with E-state index in [9.17, 15) is 9.59 Å². The summed E-state index contributed by atoms with van der Waals surface area (Å²) >= 11 is 1.31. The molecule has 0 aliphatic rings. The second-order valence-electron chi connectivity index (χ2n) is 2.40. The highest BCUT2D eigenvalue weighted by molar-refractivity contribution is 7.99. The normalized spacial score (nSPS) is 12.2. The summed E-state index contributed by atoms with van der Waals surface area (Å²) in [6, 6.07) is -0.982. The maximum atomic E-state index is 11.0. The van der Waals surface area contributed by atoms with Gasteiger partial charge in [0, 0.05) is 13.0 Å². The molecule has 1 atom stereocenters. The molecule has 0 fully saturated rings. The van der Waals surface area contributed by atoms with Crippen LogP contribution >= 0.6 is 11.8 Å². The van der Waals surface area contributed by atoms with E-state index in [0.29, 0.717) is 0 Å². The Bertz CT molecular complexity index is 185. The zero-order valence-electron chi connectivity index (χ0n) is 7.32. The number of aliphatic hydroxyl groups excluding tert-OH is 1. The number of aliphatic carboxylic acids is 1. The van der Waals surface area contributed by atoms with Gasteiger partial charge >= 0.3 is 5.97 Å². The number of hydrogen-bond acceptors (Lipinski definition) is 4. The molecular formula is C7H13NO4S. The smallest absolute Gasteiger partial charge is 0.326 e. The van der Waals surface area contributed by atoms with Gasteiger partial charge in [0.15, 0.2) is 0 Å². The maximum Gasteiger partial charge on any atom is 0.326 e. The van der Waals surface area contributed by atoms with Crippen molar-refractivity contribution in [2.75, 3.05) is 18.6 Å². The van der Waals surface area contributed by atoms with Gasteiger partial charge in [0.1, 0.15) is 6.04 Å². The van der Waals surface area contributed by atoms with Crippen molar-refractivity contribution >= 4 is 23.6 Å². The molecule has 0 aliphatic heterocycles. The van der Waals surface area contributed by atoms with Crippen LogP contribution in [0.4, 0.5) is 0 Å². The molecule has 0 heterocycles. The van der Waals surface area contributed by atoms with Crippen LogP contribution in [0.5, 0.6) is 0 Å². The summed E-state index contributed by atoms with van der Waals surface area (Å²) < 4.78 is 0. The van der Waals surface area contributed by atoms with E-state index >= 15 is 0 Å². The van der Waals surface area contributed by atoms with E-state index in [-0.39, 0.29) is 24.7 Å². The van der Waals surface area contributed by atoms with Crippen molar-refractivity contribution < 1.29 is 19.8 Å². The first-order valence-corrected chi connectivity index (χ1v) is 5.13. The van der Waals surface area contributed by atoms with Crippen molar-refractivity contribution in [2.24, 2.45) is 0 Å². The molecule has 3 N–H and O–H groups in total. The zero-order valence-corrected chi connectivity index (χ0v) is 8.13. The lowest BCUT2D eigenvalue weighted by Gasteiger charge is -2.12. The van der Waals surface area contributed by atoms with Gasteiger partial charge in [-0.25, -0.2) is 4.79 Å². The predicted octanol–water partition coefficient (Wildman–Crippen LogP) is -0.699. The first kappa shape index (κ1) is 12.2. The van der Waals surface area contributed by atoms with Gasteiger partial charge in [0.05, 0.1) is 5.75 Å². The van der Waals surface area contributed by atoms with Gasteiger partial charge in [0.25, 0.3) is 0 Å². The van der Waals surface area contributed by atoms with Crippen molar-refractivity contribution in [1.29, 1.82) is 0 Å². The van der Waals surface area contributed by atoms with E-state index < -0.39 is 12.0 Å². The minimum absolute atomic E-state index is 0.0372. The molecule has 1 unspecified atom stereocenters. The van der Waals surface area contributed by atoms with E-state index in [1.165, 1.54) is 11.8 Å². The molecule has 1 amide bonds. The second-order valence-corrected chi connectivity index (χ2v) is 3.27. The van der Waals surface area contributed by atoms with Crippen LogP contribution in [-0.2, 0) is 9.59 Å². The molecule has 0 bridgehead atoms. The number of carbonyl (C=O) groups excluding carboxylic acids is 1. The molecule has 0 aromatic carbocycles. The molecule has 6 heteroatoms. The van der Waals surface area contributed by atoms with Crippen molar-refractivity contribution in [3.63, 3.8) is 0 Å². The topological polar surface area (TPSA) is 86.6 Å². The molecule has 0 aromatic heterocycles. The number of carbonyl (C=O) groups is 2. The third-order valence-corrected chi connectivity index (χ3v) is 1.88. The second kappa shape index (κ2) is 6.73. The van der Waals surface area contributed by atoms with Crippen LogP contribution in [0.3, 0.4) is 0 Å². The van der Waals surface area contributed by atoms with E-state index in [0.717, 1.165) is 0 Å². The summed E-state index contributed by atoms with van der Waals surface area (Å²) in [6.45, 7) is -0.253. The predicted molar refractivity (Wildman–Crippen MR) is 49.7 cm³/mol. The lowest BCUT2D eigenvalue weighted by atomic mass is 10.2. The number of hydrogen-bond donors (Lipinski definition) is 3. The van der Waals surface area contributed by atoms with Crippen molar-refractivity contribution in [2.45, 2.75) is 12.5 Å². The standard InChI is InChI=1S/C7H13NO4S/c1-13-4-6(10)8-5(2-3-9)7(11)12/h5,9H,2-4H2,1H3,(H,8,10)(H,11,12). The van der Waals surface area contributed by atoms with E-state index in [2.05, 4.69) is 5.32 Å². The summed E-state index contributed by atoms with van der Waals surface area (Å²) in [5.74, 6) is -1.22. The summed E-state index contributed by atoms with van der Waals surface area (Å²) in [6.07, 6.45) is 1.79. The van der Waals surface area contributed by atoms with E-state index in [4.69, 9.17) is 10.2 Å². The van der Waals surface area contributed by atoms with Gasteiger partial charge in [-0.05, 0) is 6.26 Å². The number of rotatable bonds is 6. The molecule has 0 spiro atoms. The van der Waals surface area contributed by atoms with Gasteiger partial charge < -0.3 is 15.5 Å². The first-order chi connectivity index (χ1) is 6.11. The Morgan fingerprint density at radius 2 is 2.15 bits per heavy atom. The zero-order chi connectivity index (χ0) is 10.3. The highest BCUT2D eigenvalue weighted by Crippen LogP contribution is 1.94. The molecule has 0 saturated carbocycles. The minimum Gasteiger partial charge on any atom is -0.480 e. The number of thioether (sulfide) groups is 1. The highest BCUT2D eigenvalue weighted by atomic mass is 32.2. The van der Waals surface area contributed by atoms with Crippen molar-refractivity contribution in [1.82, 2.24) is 5.32 Å². The monoisotopic (exact) mass is 207 g/mol. The van der Waals surface area contributed by atoms with Crippen LogP contribution in [0.15, 0.2) is 0 Å². The van der Waals surface area contributed by atoms with Crippen LogP contribution in [0, 0.1) is 0 Å². The average molecular weight is 207 g/mol. The Hall–Kier alpha value is -0.750. The molecule has 76 valence electrons. The highest BCUT2D eigenvalue weighted by Gasteiger charge is 2.18. The van der Waals surface area contributed by atoms with Crippen molar-refractivity contribution in [3.05, 3.63) is 0 Å². The van der Waals surface area contributed by atoms with Crippen LogP contribution < -0.4 is 5.32 Å². The summed E-state index contributed by atoms with van der Waals surface area (Å²) in [5.41, 5.74) is 0. The molecule has 0 rings (SSSR count). The molecule has 0 radical (unpaired) electrons. The summed E-state index contributed by atoms with van der Waals surface area (Å²) in [7, 11) is 0. The molecule has 0 saturated heterocycles. The minimum atomic E-state index is -1.12. The quantitative estimate of drug-likeness (QED) is 0.536. The number of nitrogens with one attached hydrogen (secondary N) is 1. The summed E-state index contributed by atoms with van der Waals surface area (Å²) in [5, 5.41) is 19.4. The summed E-state index contributed by atoms with van der Waals surface area (Å²) in [4.78, 5) is 21.5. The third kappa shape index (κ3) is 5.48. The Labute approximate surface area is 80.5 Å². The Kier molecular flexibility index (Phi) is 6.34. The number of aliphatic hydroxyl groups is 1. The molecule has 0 aromatic rings. The molecular weight excluding hydrogens is 194 g/mol. The fourth-order valence-corrected chi connectivity index (χ4v) is 1.10. The SMILES string of the molecule is CSCC(=O)NC(CCO)C(=O)O.